The van der Waals surface area contributed by atoms with Crippen LogP contribution in [0.5, 0.6) is 0 Å². The van der Waals surface area contributed by atoms with E-state index in [0.29, 0.717) is 0 Å². The van der Waals surface area contributed by atoms with Crippen LogP contribution in [0.2, 0.25) is 0 Å². The first kappa shape index (κ1) is 16.5. The number of hydrogen-bond donors (Lipinski definition) is 1. The Kier molecular flexibility index (Phi) is 5.71. The lowest BCUT2D eigenvalue weighted by molar-refractivity contribution is -0.122. The minimum absolute atomic E-state index is 0.0655. The van der Waals surface area contributed by atoms with Gasteiger partial charge in [0.25, 0.3) is 0 Å². The maximum atomic E-state index is 12.5. The molecular weight excluding hydrogens is 284 g/mol. The molecular formula is C20H30N2O. The molecule has 0 bridgehead atoms. The number of carbonyl (C=O) groups is 1. The first-order valence-corrected chi connectivity index (χ1v) is 9.32. The number of piperidine rings is 1. The Labute approximate surface area is 140 Å². The summed E-state index contributed by atoms with van der Waals surface area (Å²) in [6.45, 7) is 6.73. The van der Waals surface area contributed by atoms with Gasteiger partial charge in [-0.3, -0.25) is 4.79 Å². The van der Waals surface area contributed by atoms with Gasteiger partial charge in [0.15, 0.2) is 0 Å². The molecule has 1 fully saturated rings. The molecule has 1 aliphatic carbocycles. The highest BCUT2D eigenvalue weighted by Gasteiger charge is 2.25. The van der Waals surface area contributed by atoms with Crippen LogP contribution in [0.15, 0.2) is 24.3 Å². The van der Waals surface area contributed by atoms with E-state index in [0.717, 1.165) is 44.7 Å². The predicted octanol–water partition coefficient (Wildman–Crippen LogP) is 3.34. The molecule has 3 nitrogen and oxygen atoms in total. The number of amides is 1. The molecule has 1 aliphatic heterocycles. The van der Waals surface area contributed by atoms with E-state index in [1.807, 2.05) is 0 Å². The van der Waals surface area contributed by atoms with Crippen LogP contribution in [0, 0.1) is 5.92 Å². The maximum absolute atomic E-state index is 12.5. The van der Waals surface area contributed by atoms with E-state index in [2.05, 4.69) is 41.4 Å². The van der Waals surface area contributed by atoms with Crippen LogP contribution in [-0.2, 0) is 11.2 Å². The van der Waals surface area contributed by atoms with Gasteiger partial charge in [-0.25, -0.2) is 0 Å². The van der Waals surface area contributed by atoms with Crippen LogP contribution in [0.4, 0.5) is 0 Å². The molecule has 1 amide bonds. The SMILES string of the molecule is CC1CCN(CCCNC(=O)C2CCCc3ccccc32)CC1. The first-order valence-electron chi connectivity index (χ1n) is 9.32. The number of carbonyl (C=O) groups excluding carboxylic acids is 1. The molecule has 0 radical (unpaired) electrons. The van der Waals surface area contributed by atoms with Crippen molar-refractivity contribution in [1.29, 1.82) is 0 Å². The molecule has 1 N–H and O–H groups in total. The van der Waals surface area contributed by atoms with Crippen molar-refractivity contribution in [2.24, 2.45) is 5.92 Å². The van der Waals surface area contributed by atoms with Crippen LogP contribution in [0.3, 0.4) is 0 Å². The van der Waals surface area contributed by atoms with Crippen LogP contribution in [0.1, 0.15) is 56.1 Å². The molecule has 1 saturated heterocycles. The van der Waals surface area contributed by atoms with E-state index >= 15 is 0 Å². The Morgan fingerprint density at radius 1 is 1.22 bits per heavy atom. The fraction of sp³-hybridized carbons (Fsp3) is 0.650. The molecule has 1 aromatic carbocycles. The minimum atomic E-state index is 0.0655. The third kappa shape index (κ3) is 4.35. The van der Waals surface area contributed by atoms with E-state index < -0.39 is 0 Å². The van der Waals surface area contributed by atoms with E-state index in [-0.39, 0.29) is 11.8 Å². The number of rotatable bonds is 5. The third-order valence-electron chi connectivity index (χ3n) is 5.51. The maximum Gasteiger partial charge on any atom is 0.227 e. The highest BCUT2D eigenvalue weighted by molar-refractivity contribution is 5.84. The third-order valence-corrected chi connectivity index (χ3v) is 5.51. The van der Waals surface area contributed by atoms with E-state index in [1.54, 1.807) is 0 Å². The Balaban J connectivity index is 1.42. The molecule has 1 atom stereocenters. The lowest BCUT2D eigenvalue weighted by atomic mass is 9.82. The van der Waals surface area contributed by atoms with E-state index in [4.69, 9.17) is 0 Å². The van der Waals surface area contributed by atoms with Crippen molar-refractivity contribution in [3.05, 3.63) is 35.4 Å². The number of nitrogens with zero attached hydrogens (tertiary/aromatic N) is 1. The standard InChI is InChI=1S/C20H30N2O/c1-16-10-14-22(15-11-16)13-5-12-21-20(23)19-9-4-7-17-6-2-3-8-18(17)19/h2-3,6,8,16,19H,4-5,7,9-15H2,1H3,(H,21,23). The van der Waals surface area contributed by atoms with E-state index in [9.17, 15) is 4.79 Å². The molecule has 126 valence electrons. The summed E-state index contributed by atoms with van der Waals surface area (Å²) >= 11 is 0. The van der Waals surface area contributed by atoms with Gasteiger partial charge in [0.05, 0.1) is 5.92 Å². The smallest absolute Gasteiger partial charge is 0.227 e. The van der Waals surface area contributed by atoms with Crippen molar-refractivity contribution < 1.29 is 4.79 Å². The van der Waals surface area contributed by atoms with Crippen molar-refractivity contribution in [3.63, 3.8) is 0 Å². The zero-order chi connectivity index (χ0) is 16.1. The van der Waals surface area contributed by atoms with Gasteiger partial charge in [-0.2, -0.15) is 0 Å². The lowest BCUT2D eigenvalue weighted by Gasteiger charge is -2.30. The van der Waals surface area contributed by atoms with Crippen LogP contribution < -0.4 is 5.32 Å². The summed E-state index contributed by atoms with van der Waals surface area (Å²) in [6, 6.07) is 8.44. The topological polar surface area (TPSA) is 32.3 Å². The Bertz CT molecular complexity index is 520. The second kappa shape index (κ2) is 7.96. The Morgan fingerprint density at radius 2 is 2.00 bits per heavy atom. The first-order chi connectivity index (χ1) is 11.2. The Hall–Kier alpha value is -1.35. The van der Waals surface area contributed by atoms with Crippen molar-refractivity contribution in [2.45, 2.75) is 51.4 Å². The van der Waals surface area contributed by atoms with Crippen molar-refractivity contribution in [2.75, 3.05) is 26.2 Å². The second-order valence-corrected chi connectivity index (χ2v) is 7.31. The number of benzene rings is 1. The number of fused-ring (bicyclic) bond motifs is 1. The summed E-state index contributed by atoms with van der Waals surface area (Å²) in [7, 11) is 0. The van der Waals surface area contributed by atoms with Gasteiger partial charge in [0, 0.05) is 6.54 Å². The number of likely N-dealkylation sites (tertiary alicyclic amines) is 1. The van der Waals surface area contributed by atoms with E-state index in [1.165, 1.54) is 37.1 Å². The number of aryl methyl sites for hydroxylation is 1. The predicted molar refractivity (Wildman–Crippen MR) is 94.6 cm³/mol. The molecule has 1 aromatic rings. The largest absolute Gasteiger partial charge is 0.356 e. The van der Waals surface area contributed by atoms with Crippen molar-refractivity contribution in [3.8, 4) is 0 Å². The van der Waals surface area contributed by atoms with Crippen LogP contribution >= 0.6 is 0 Å². The van der Waals surface area contributed by atoms with Gasteiger partial charge < -0.3 is 10.2 Å². The molecule has 2 aliphatic rings. The number of nitrogens with one attached hydrogen (secondary N) is 1. The monoisotopic (exact) mass is 314 g/mol. The Morgan fingerprint density at radius 3 is 2.83 bits per heavy atom. The molecule has 0 aromatic heterocycles. The minimum Gasteiger partial charge on any atom is -0.356 e. The average Bonchev–Trinajstić information content (AvgIpc) is 2.59. The summed E-state index contributed by atoms with van der Waals surface area (Å²) in [4.78, 5) is 15.1. The van der Waals surface area contributed by atoms with Crippen molar-refractivity contribution in [1.82, 2.24) is 10.2 Å². The normalized spacial score (nSPS) is 22.6. The summed E-state index contributed by atoms with van der Waals surface area (Å²) in [5, 5.41) is 3.18. The zero-order valence-corrected chi connectivity index (χ0v) is 14.4. The fourth-order valence-corrected chi connectivity index (χ4v) is 3.95. The number of hydrogen-bond acceptors (Lipinski definition) is 2. The zero-order valence-electron chi connectivity index (χ0n) is 14.4. The second-order valence-electron chi connectivity index (χ2n) is 7.31. The summed E-state index contributed by atoms with van der Waals surface area (Å²) in [6.07, 6.45) is 6.95. The van der Waals surface area contributed by atoms with Gasteiger partial charge in [-0.05, 0) is 75.2 Å². The van der Waals surface area contributed by atoms with Gasteiger partial charge in [-0.1, -0.05) is 31.2 Å². The van der Waals surface area contributed by atoms with Crippen LogP contribution in [0.25, 0.3) is 0 Å². The average molecular weight is 314 g/mol. The molecule has 3 rings (SSSR count). The highest BCUT2D eigenvalue weighted by Crippen LogP contribution is 2.31. The summed E-state index contributed by atoms with van der Waals surface area (Å²) < 4.78 is 0. The van der Waals surface area contributed by atoms with Gasteiger partial charge >= 0.3 is 0 Å². The van der Waals surface area contributed by atoms with Gasteiger partial charge in [0.2, 0.25) is 5.91 Å². The summed E-state index contributed by atoms with van der Waals surface area (Å²) in [5.41, 5.74) is 2.61. The highest BCUT2D eigenvalue weighted by atomic mass is 16.1. The molecule has 1 heterocycles. The summed E-state index contributed by atoms with van der Waals surface area (Å²) in [5.74, 6) is 1.18. The fourth-order valence-electron chi connectivity index (χ4n) is 3.95. The molecule has 23 heavy (non-hydrogen) atoms. The van der Waals surface area contributed by atoms with Crippen LogP contribution in [-0.4, -0.2) is 37.0 Å². The van der Waals surface area contributed by atoms with Gasteiger partial charge in [0.1, 0.15) is 0 Å². The lowest BCUT2D eigenvalue weighted by Crippen LogP contribution is -2.36. The molecule has 0 spiro atoms. The van der Waals surface area contributed by atoms with Gasteiger partial charge in [-0.15, -0.1) is 0 Å². The molecule has 1 unspecified atom stereocenters. The van der Waals surface area contributed by atoms with Crippen molar-refractivity contribution >= 4 is 5.91 Å². The molecule has 0 saturated carbocycles. The molecule has 3 heteroatoms. The quantitative estimate of drug-likeness (QED) is 0.845.